The van der Waals surface area contributed by atoms with E-state index in [0.29, 0.717) is 36.8 Å². The van der Waals surface area contributed by atoms with Gasteiger partial charge in [-0.15, -0.1) is 0 Å². The maximum atomic E-state index is 13.3. The molecule has 1 aliphatic rings. The van der Waals surface area contributed by atoms with Gasteiger partial charge >= 0.3 is 0 Å². The van der Waals surface area contributed by atoms with Gasteiger partial charge < -0.3 is 10.1 Å². The van der Waals surface area contributed by atoms with E-state index < -0.39 is 0 Å². The molecule has 4 heteroatoms. The number of carbonyl (C=O) groups excluding carboxylic acids is 1. The van der Waals surface area contributed by atoms with Crippen molar-refractivity contribution >= 4 is 5.91 Å². The van der Waals surface area contributed by atoms with Crippen molar-refractivity contribution in [1.82, 2.24) is 5.32 Å². The van der Waals surface area contributed by atoms with Gasteiger partial charge in [0, 0.05) is 19.9 Å². The van der Waals surface area contributed by atoms with E-state index in [1.807, 2.05) is 0 Å². The van der Waals surface area contributed by atoms with Crippen LogP contribution in [0.5, 0.6) is 5.75 Å². The molecular weight excluding hydrogens is 257 g/mol. The van der Waals surface area contributed by atoms with Gasteiger partial charge in [0.15, 0.2) is 0 Å². The zero-order valence-corrected chi connectivity index (χ0v) is 11.5. The van der Waals surface area contributed by atoms with Crippen LogP contribution in [-0.2, 0) is 4.79 Å². The molecule has 1 fully saturated rings. The fraction of sp³-hybridized carbons (Fsp3) is 0.438. The summed E-state index contributed by atoms with van der Waals surface area (Å²) in [4.78, 5) is 10.7. The SMILES string of the molecule is CC(=O)NCCC#Cc1cc(F)ccc1OCC1CC1. The standard InChI is InChI=1S/C16H18FNO2/c1-12(19)18-9-3-2-4-14-10-15(17)7-8-16(14)20-11-13-5-6-13/h7-8,10,13H,3,5-6,9,11H2,1H3,(H,18,19). The fourth-order valence-corrected chi connectivity index (χ4v) is 1.68. The summed E-state index contributed by atoms with van der Waals surface area (Å²) in [5, 5.41) is 2.66. The quantitative estimate of drug-likeness (QED) is 0.662. The number of rotatable bonds is 5. The van der Waals surface area contributed by atoms with Crippen molar-refractivity contribution < 1.29 is 13.9 Å². The van der Waals surface area contributed by atoms with Crippen LogP contribution in [0.1, 0.15) is 31.7 Å². The van der Waals surface area contributed by atoms with Crippen LogP contribution in [-0.4, -0.2) is 19.1 Å². The molecule has 20 heavy (non-hydrogen) atoms. The maximum absolute atomic E-state index is 13.3. The molecule has 1 aliphatic carbocycles. The molecule has 1 aromatic rings. The lowest BCUT2D eigenvalue weighted by Gasteiger charge is -2.07. The number of hydrogen-bond donors (Lipinski definition) is 1. The summed E-state index contributed by atoms with van der Waals surface area (Å²) in [5.41, 5.74) is 0.563. The second kappa shape index (κ2) is 6.95. The summed E-state index contributed by atoms with van der Waals surface area (Å²) in [5.74, 6) is 6.69. The lowest BCUT2D eigenvalue weighted by molar-refractivity contribution is -0.118. The number of amides is 1. The fourth-order valence-electron chi connectivity index (χ4n) is 1.68. The molecule has 1 aromatic carbocycles. The molecule has 0 radical (unpaired) electrons. The summed E-state index contributed by atoms with van der Waals surface area (Å²) in [6.07, 6.45) is 2.94. The summed E-state index contributed by atoms with van der Waals surface area (Å²) >= 11 is 0. The van der Waals surface area contributed by atoms with E-state index in [9.17, 15) is 9.18 Å². The minimum Gasteiger partial charge on any atom is -0.492 e. The van der Waals surface area contributed by atoms with Gasteiger partial charge in [0.1, 0.15) is 11.6 Å². The van der Waals surface area contributed by atoms with Crippen molar-refractivity contribution in [2.45, 2.75) is 26.2 Å². The second-order valence-electron chi connectivity index (χ2n) is 4.93. The molecule has 2 rings (SSSR count). The predicted octanol–water partition coefficient (Wildman–Crippen LogP) is 2.49. The van der Waals surface area contributed by atoms with Crippen molar-refractivity contribution in [3.05, 3.63) is 29.6 Å². The van der Waals surface area contributed by atoms with E-state index in [0.717, 1.165) is 0 Å². The number of ether oxygens (including phenoxy) is 1. The number of nitrogens with one attached hydrogen (secondary N) is 1. The van der Waals surface area contributed by atoms with Gasteiger partial charge in [0.25, 0.3) is 0 Å². The monoisotopic (exact) mass is 275 g/mol. The predicted molar refractivity (Wildman–Crippen MR) is 74.8 cm³/mol. The molecule has 0 atom stereocenters. The molecule has 1 saturated carbocycles. The zero-order chi connectivity index (χ0) is 14.4. The van der Waals surface area contributed by atoms with Gasteiger partial charge in [-0.2, -0.15) is 0 Å². The van der Waals surface area contributed by atoms with E-state index >= 15 is 0 Å². The molecule has 1 amide bonds. The van der Waals surface area contributed by atoms with E-state index in [1.54, 1.807) is 6.07 Å². The Morgan fingerprint density at radius 2 is 2.30 bits per heavy atom. The highest BCUT2D eigenvalue weighted by atomic mass is 19.1. The van der Waals surface area contributed by atoms with Gasteiger partial charge in [-0.1, -0.05) is 11.8 Å². The van der Waals surface area contributed by atoms with Crippen molar-refractivity contribution in [2.24, 2.45) is 5.92 Å². The molecule has 106 valence electrons. The average molecular weight is 275 g/mol. The largest absolute Gasteiger partial charge is 0.492 e. The van der Waals surface area contributed by atoms with Crippen LogP contribution >= 0.6 is 0 Å². The van der Waals surface area contributed by atoms with Gasteiger partial charge in [-0.05, 0) is 37.0 Å². The molecule has 0 aliphatic heterocycles. The Labute approximate surface area is 118 Å². The molecule has 0 bridgehead atoms. The van der Waals surface area contributed by atoms with Crippen LogP contribution < -0.4 is 10.1 Å². The summed E-state index contributed by atoms with van der Waals surface area (Å²) in [6, 6.07) is 4.38. The van der Waals surface area contributed by atoms with Crippen LogP contribution in [0.25, 0.3) is 0 Å². The van der Waals surface area contributed by atoms with Crippen LogP contribution in [0.2, 0.25) is 0 Å². The van der Waals surface area contributed by atoms with Gasteiger partial charge in [0.05, 0.1) is 12.2 Å². The third-order valence-electron chi connectivity index (χ3n) is 2.96. The highest BCUT2D eigenvalue weighted by Gasteiger charge is 2.22. The summed E-state index contributed by atoms with van der Waals surface area (Å²) < 4.78 is 18.9. The lowest BCUT2D eigenvalue weighted by Crippen LogP contribution is -2.20. The highest BCUT2D eigenvalue weighted by Crippen LogP contribution is 2.30. The number of hydrogen-bond acceptors (Lipinski definition) is 2. The molecule has 3 nitrogen and oxygen atoms in total. The first-order valence-corrected chi connectivity index (χ1v) is 6.81. The zero-order valence-electron chi connectivity index (χ0n) is 11.5. The Morgan fingerprint density at radius 3 is 3.00 bits per heavy atom. The van der Waals surface area contributed by atoms with Crippen molar-refractivity contribution in [2.75, 3.05) is 13.2 Å². The Kier molecular flexibility index (Phi) is 5.00. The number of benzene rings is 1. The summed E-state index contributed by atoms with van der Waals surface area (Å²) in [6.45, 7) is 2.63. The Morgan fingerprint density at radius 1 is 1.50 bits per heavy atom. The van der Waals surface area contributed by atoms with E-state index in [-0.39, 0.29) is 11.7 Å². The van der Waals surface area contributed by atoms with E-state index in [2.05, 4.69) is 17.2 Å². The molecule has 0 aromatic heterocycles. The molecule has 0 spiro atoms. The highest BCUT2D eigenvalue weighted by molar-refractivity contribution is 5.72. The Balaban J connectivity index is 1.94. The molecule has 0 saturated heterocycles. The van der Waals surface area contributed by atoms with Crippen LogP contribution in [0.3, 0.4) is 0 Å². The molecular formula is C16H18FNO2. The number of halogens is 1. The van der Waals surface area contributed by atoms with Crippen molar-refractivity contribution in [1.29, 1.82) is 0 Å². The Bertz CT molecular complexity index is 541. The molecule has 0 heterocycles. The van der Waals surface area contributed by atoms with Gasteiger partial charge in [-0.25, -0.2) is 4.39 Å². The van der Waals surface area contributed by atoms with Crippen LogP contribution in [0.15, 0.2) is 18.2 Å². The van der Waals surface area contributed by atoms with Gasteiger partial charge in [-0.3, -0.25) is 4.79 Å². The van der Waals surface area contributed by atoms with Crippen LogP contribution in [0.4, 0.5) is 4.39 Å². The topological polar surface area (TPSA) is 38.3 Å². The first kappa shape index (κ1) is 14.4. The smallest absolute Gasteiger partial charge is 0.216 e. The first-order chi connectivity index (χ1) is 9.65. The third-order valence-corrected chi connectivity index (χ3v) is 2.96. The van der Waals surface area contributed by atoms with Gasteiger partial charge in [0.2, 0.25) is 5.91 Å². The normalized spacial score (nSPS) is 13.3. The minimum atomic E-state index is -0.324. The molecule has 1 N–H and O–H groups in total. The Hall–Kier alpha value is -2.02. The lowest BCUT2D eigenvalue weighted by atomic mass is 10.2. The van der Waals surface area contributed by atoms with Crippen molar-refractivity contribution in [3.8, 4) is 17.6 Å². The number of carbonyl (C=O) groups is 1. The van der Waals surface area contributed by atoms with Crippen molar-refractivity contribution in [3.63, 3.8) is 0 Å². The first-order valence-electron chi connectivity index (χ1n) is 6.81. The average Bonchev–Trinajstić information content (AvgIpc) is 3.21. The van der Waals surface area contributed by atoms with Crippen LogP contribution in [0, 0.1) is 23.6 Å². The second-order valence-corrected chi connectivity index (χ2v) is 4.93. The van der Waals surface area contributed by atoms with E-state index in [1.165, 1.54) is 31.9 Å². The maximum Gasteiger partial charge on any atom is 0.216 e. The molecule has 0 unspecified atom stereocenters. The minimum absolute atomic E-state index is 0.0778. The van der Waals surface area contributed by atoms with E-state index in [4.69, 9.17) is 4.74 Å². The summed E-state index contributed by atoms with van der Waals surface area (Å²) in [7, 11) is 0. The third kappa shape index (κ3) is 4.93.